The molecule has 0 spiro atoms. The van der Waals surface area contributed by atoms with Gasteiger partial charge in [0.2, 0.25) is 18.2 Å². The molecule has 0 N–H and O–H groups in total. The maximum Gasteiger partial charge on any atom is 0.236 e. The van der Waals surface area contributed by atoms with Crippen molar-refractivity contribution in [2.75, 3.05) is 34.6 Å². The number of hydrogen-bond donors (Lipinski definition) is 0. The first-order valence-electron chi connectivity index (χ1n) is 9.35. The molecule has 0 heterocycles. The lowest BCUT2D eigenvalue weighted by Gasteiger charge is -2.22. The Hall–Kier alpha value is -2.79. The average Bonchev–Trinajstić information content (AvgIpc) is 2.75. The van der Waals surface area contributed by atoms with E-state index in [1.54, 1.807) is 50.2 Å². The Morgan fingerprint density at radius 1 is 0.733 bits per heavy atom. The van der Waals surface area contributed by atoms with Crippen molar-refractivity contribution in [2.24, 2.45) is 5.92 Å². The lowest BCUT2D eigenvalue weighted by Crippen LogP contribution is -2.18. The minimum atomic E-state index is -4.16. The molecular weight excluding hydrogens is 407 g/mol. The molecule has 0 aliphatic carbocycles. The van der Waals surface area contributed by atoms with Crippen molar-refractivity contribution < 1.29 is 33.1 Å². The Morgan fingerprint density at radius 2 is 1.03 bits per heavy atom. The van der Waals surface area contributed by atoms with Gasteiger partial charge in [0, 0.05) is 6.16 Å². The van der Waals surface area contributed by atoms with E-state index in [2.05, 4.69) is 0 Å². The third kappa shape index (κ3) is 4.36. The molecule has 0 atom stereocenters. The van der Waals surface area contributed by atoms with Crippen molar-refractivity contribution in [3.63, 3.8) is 0 Å². The molecule has 0 aromatic heterocycles. The van der Waals surface area contributed by atoms with Gasteiger partial charge in [-0.3, -0.25) is 9.59 Å². The van der Waals surface area contributed by atoms with Crippen LogP contribution in [0.3, 0.4) is 0 Å². The molecule has 30 heavy (non-hydrogen) atoms. The molecule has 0 aliphatic heterocycles. The Morgan fingerprint density at radius 3 is 1.27 bits per heavy atom. The zero-order chi connectivity index (χ0) is 22.5. The van der Waals surface area contributed by atoms with Gasteiger partial charge >= 0.3 is 0 Å². The molecule has 7 nitrogen and oxygen atoms in total. The lowest BCUT2D eigenvalue weighted by molar-refractivity contribution is 0.103. The van der Waals surface area contributed by atoms with Crippen molar-refractivity contribution in [3.8, 4) is 23.0 Å². The summed E-state index contributed by atoms with van der Waals surface area (Å²) in [6.45, 7) is 3.60. The van der Waals surface area contributed by atoms with Crippen LogP contribution in [-0.4, -0.2) is 45.6 Å². The SMILES string of the molecule is COc1cccc(OC)c1C(=O)P(=O)(CC(C)C)C(=O)c1c(OC)cccc1OC. The first-order chi connectivity index (χ1) is 14.2. The van der Waals surface area contributed by atoms with Gasteiger partial charge in [-0.05, 0) is 30.2 Å². The Kier molecular flexibility index (Phi) is 7.68. The van der Waals surface area contributed by atoms with Gasteiger partial charge in [0.15, 0.2) is 0 Å². The van der Waals surface area contributed by atoms with Gasteiger partial charge in [-0.2, -0.15) is 0 Å². The summed E-state index contributed by atoms with van der Waals surface area (Å²) in [7, 11) is 1.41. The van der Waals surface area contributed by atoms with Crippen molar-refractivity contribution in [1.82, 2.24) is 0 Å². The van der Waals surface area contributed by atoms with Crippen LogP contribution in [0.4, 0.5) is 0 Å². The van der Waals surface area contributed by atoms with Crippen LogP contribution in [0, 0.1) is 5.92 Å². The van der Waals surface area contributed by atoms with Crippen LogP contribution in [0.5, 0.6) is 23.0 Å². The molecule has 0 radical (unpaired) electrons. The molecule has 162 valence electrons. The van der Waals surface area contributed by atoms with Gasteiger partial charge in [0.1, 0.15) is 34.1 Å². The molecule has 0 saturated carbocycles. The number of ether oxygens (including phenoxy) is 4. The van der Waals surface area contributed by atoms with Crippen LogP contribution in [-0.2, 0) is 4.57 Å². The van der Waals surface area contributed by atoms with E-state index >= 15 is 0 Å². The molecule has 2 aromatic carbocycles. The van der Waals surface area contributed by atoms with E-state index < -0.39 is 18.2 Å². The van der Waals surface area contributed by atoms with E-state index in [1.165, 1.54) is 28.4 Å². The van der Waals surface area contributed by atoms with Crippen molar-refractivity contribution in [2.45, 2.75) is 13.8 Å². The maximum absolute atomic E-state index is 14.2. The molecule has 0 amide bonds. The topological polar surface area (TPSA) is 88.1 Å². The molecule has 2 rings (SSSR count). The zero-order valence-electron chi connectivity index (χ0n) is 18.1. The van der Waals surface area contributed by atoms with E-state index in [9.17, 15) is 14.2 Å². The summed E-state index contributed by atoms with van der Waals surface area (Å²) in [4.78, 5) is 27.3. The summed E-state index contributed by atoms with van der Waals surface area (Å²) in [5, 5.41) is 0. The summed E-state index contributed by atoms with van der Waals surface area (Å²) >= 11 is 0. The van der Waals surface area contributed by atoms with Gasteiger partial charge in [0.05, 0.1) is 28.4 Å². The van der Waals surface area contributed by atoms with E-state index in [1.807, 2.05) is 0 Å². The van der Waals surface area contributed by atoms with Crippen LogP contribution in [0.2, 0.25) is 0 Å². The number of rotatable bonds is 10. The third-order valence-corrected chi connectivity index (χ3v) is 7.57. The van der Waals surface area contributed by atoms with Crippen LogP contribution >= 0.6 is 7.14 Å². The maximum atomic E-state index is 14.2. The molecule has 0 saturated heterocycles. The minimum absolute atomic E-state index is 0.0197. The van der Waals surface area contributed by atoms with Crippen molar-refractivity contribution in [3.05, 3.63) is 47.5 Å². The third-order valence-electron chi connectivity index (χ3n) is 4.56. The standard InChI is InChI=1S/C22H27O7P/c1-14(2)13-30(25,21(23)19-15(26-3)9-7-10-16(19)27-4)22(24)20-17(28-5)11-8-12-18(20)29-6/h7-12,14H,13H2,1-6H3. The Balaban J connectivity index is 2.76. The first-order valence-corrected chi connectivity index (χ1v) is 11.2. The molecule has 0 bridgehead atoms. The highest BCUT2D eigenvalue weighted by molar-refractivity contribution is 7.95. The van der Waals surface area contributed by atoms with Crippen LogP contribution in [0.1, 0.15) is 34.6 Å². The molecule has 2 aromatic rings. The second kappa shape index (κ2) is 9.81. The quantitative estimate of drug-likeness (QED) is 0.500. The summed E-state index contributed by atoms with van der Waals surface area (Å²) in [5.74, 6) is 0.544. The van der Waals surface area contributed by atoms with Crippen LogP contribution < -0.4 is 18.9 Å². The van der Waals surface area contributed by atoms with Gasteiger partial charge in [-0.25, -0.2) is 0 Å². The molecule has 0 aliphatic rings. The Labute approximate surface area is 176 Å². The minimum Gasteiger partial charge on any atom is -0.496 e. The largest absolute Gasteiger partial charge is 0.496 e. The van der Waals surface area contributed by atoms with Gasteiger partial charge < -0.3 is 23.5 Å². The van der Waals surface area contributed by atoms with E-state index in [4.69, 9.17) is 18.9 Å². The highest BCUT2D eigenvalue weighted by Crippen LogP contribution is 2.57. The molecule has 0 unspecified atom stereocenters. The Bertz CT molecular complexity index is 865. The van der Waals surface area contributed by atoms with E-state index in [-0.39, 0.29) is 46.2 Å². The first kappa shape index (κ1) is 23.5. The fourth-order valence-electron chi connectivity index (χ4n) is 3.26. The van der Waals surface area contributed by atoms with Gasteiger partial charge in [-0.15, -0.1) is 0 Å². The summed E-state index contributed by atoms with van der Waals surface area (Å²) < 4.78 is 35.4. The molecule has 8 heteroatoms. The van der Waals surface area contributed by atoms with Crippen LogP contribution in [0.15, 0.2) is 36.4 Å². The normalized spacial score (nSPS) is 11.2. The van der Waals surface area contributed by atoms with E-state index in [0.717, 1.165) is 0 Å². The summed E-state index contributed by atoms with van der Waals surface area (Å²) in [6.07, 6.45) is -0.118. The van der Waals surface area contributed by atoms with Gasteiger partial charge in [-0.1, -0.05) is 26.0 Å². The van der Waals surface area contributed by atoms with Gasteiger partial charge in [0.25, 0.3) is 0 Å². The van der Waals surface area contributed by atoms with Crippen molar-refractivity contribution in [1.29, 1.82) is 0 Å². The summed E-state index contributed by atoms with van der Waals surface area (Å²) in [5.41, 5.74) is -1.67. The number of methoxy groups -OCH3 is 4. The monoisotopic (exact) mass is 434 g/mol. The van der Waals surface area contributed by atoms with Crippen LogP contribution in [0.25, 0.3) is 0 Å². The molecule has 0 fully saturated rings. The smallest absolute Gasteiger partial charge is 0.236 e. The fraction of sp³-hybridized carbons (Fsp3) is 0.364. The lowest BCUT2D eigenvalue weighted by atomic mass is 10.2. The second-order valence-corrected chi connectivity index (χ2v) is 9.66. The highest BCUT2D eigenvalue weighted by Gasteiger charge is 2.45. The number of hydrogen-bond acceptors (Lipinski definition) is 7. The van der Waals surface area contributed by atoms with Crippen molar-refractivity contribution >= 4 is 18.2 Å². The average molecular weight is 434 g/mol. The summed E-state index contributed by atoms with van der Waals surface area (Å²) in [6, 6.07) is 9.53. The highest BCUT2D eigenvalue weighted by atomic mass is 31.2. The zero-order valence-corrected chi connectivity index (χ0v) is 18.9. The fourth-order valence-corrected chi connectivity index (χ4v) is 5.97. The predicted octanol–water partition coefficient (Wildman–Crippen LogP) is 4.72. The predicted molar refractivity (Wildman–Crippen MR) is 115 cm³/mol. The number of benzene rings is 2. The second-order valence-electron chi connectivity index (χ2n) is 7.00. The van der Waals surface area contributed by atoms with E-state index in [0.29, 0.717) is 0 Å². The molecular formula is C22H27O7P. The number of carbonyl (C=O) groups excluding carboxylic acids is 2. The number of carbonyl (C=O) groups is 2.